The van der Waals surface area contributed by atoms with Crippen LogP contribution in [0.3, 0.4) is 0 Å². The Kier molecular flexibility index (Phi) is 6.50. The number of anilines is 1. The first-order valence-electron chi connectivity index (χ1n) is 9.50. The van der Waals surface area contributed by atoms with E-state index in [-0.39, 0.29) is 11.7 Å². The molecule has 4 rings (SSSR count). The van der Waals surface area contributed by atoms with Crippen molar-refractivity contribution in [2.24, 2.45) is 0 Å². The van der Waals surface area contributed by atoms with Gasteiger partial charge in [-0.1, -0.05) is 90.7 Å². The zero-order chi connectivity index (χ0) is 20.8. The summed E-state index contributed by atoms with van der Waals surface area (Å²) in [6, 6.07) is 20.1. The lowest BCUT2D eigenvalue weighted by Gasteiger charge is -2.10. The van der Waals surface area contributed by atoms with Crippen LogP contribution in [0.15, 0.2) is 65.8 Å². The summed E-state index contributed by atoms with van der Waals surface area (Å²) >= 11 is 2.75. The van der Waals surface area contributed by atoms with Gasteiger partial charge in [-0.3, -0.25) is 14.7 Å². The first kappa shape index (κ1) is 20.2. The van der Waals surface area contributed by atoms with Crippen LogP contribution in [0.4, 0.5) is 5.13 Å². The van der Waals surface area contributed by atoms with Crippen molar-refractivity contribution in [3.05, 3.63) is 71.2 Å². The molecule has 0 spiro atoms. The number of aryl methyl sites for hydroxylation is 1. The van der Waals surface area contributed by atoms with Crippen LogP contribution in [0.5, 0.6) is 0 Å². The SMILES string of the molecule is CCc1nnc(NC(=O)CSc2nnc(-c3ccccc3)n2Cc2ccccc2)s1. The molecule has 1 amide bonds. The van der Waals surface area contributed by atoms with E-state index in [0.29, 0.717) is 16.8 Å². The maximum absolute atomic E-state index is 12.4. The average Bonchev–Trinajstić information content (AvgIpc) is 3.40. The summed E-state index contributed by atoms with van der Waals surface area (Å²) in [5.41, 5.74) is 2.12. The van der Waals surface area contributed by atoms with Gasteiger partial charge in [-0.05, 0) is 12.0 Å². The van der Waals surface area contributed by atoms with E-state index in [4.69, 9.17) is 0 Å². The van der Waals surface area contributed by atoms with Crippen molar-refractivity contribution in [1.82, 2.24) is 25.0 Å². The van der Waals surface area contributed by atoms with Gasteiger partial charge >= 0.3 is 0 Å². The summed E-state index contributed by atoms with van der Waals surface area (Å²) in [4.78, 5) is 12.4. The molecule has 0 aliphatic heterocycles. The standard InChI is InChI=1S/C21H20N6OS2/c1-2-18-23-25-20(30-18)22-17(28)14-29-21-26-24-19(16-11-7-4-8-12-16)27(21)13-15-9-5-3-6-10-15/h3-12H,2,13-14H2,1H3,(H,22,25,28). The maximum atomic E-state index is 12.4. The van der Waals surface area contributed by atoms with Crippen LogP contribution in [0.25, 0.3) is 11.4 Å². The molecule has 0 fully saturated rings. The van der Waals surface area contributed by atoms with Crippen LogP contribution in [0.1, 0.15) is 17.5 Å². The van der Waals surface area contributed by atoms with E-state index in [1.165, 1.54) is 23.1 Å². The molecule has 152 valence electrons. The smallest absolute Gasteiger partial charge is 0.236 e. The van der Waals surface area contributed by atoms with Crippen molar-refractivity contribution in [3.63, 3.8) is 0 Å². The zero-order valence-electron chi connectivity index (χ0n) is 16.4. The molecular formula is C21H20N6OS2. The lowest BCUT2D eigenvalue weighted by Crippen LogP contribution is -2.14. The number of benzene rings is 2. The van der Waals surface area contributed by atoms with Gasteiger partial charge in [-0.2, -0.15) is 0 Å². The van der Waals surface area contributed by atoms with Gasteiger partial charge < -0.3 is 0 Å². The molecule has 0 radical (unpaired) electrons. The molecule has 0 saturated heterocycles. The van der Waals surface area contributed by atoms with Crippen LogP contribution < -0.4 is 5.32 Å². The monoisotopic (exact) mass is 436 g/mol. The van der Waals surface area contributed by atoms with Crippen LogP contribution in [-0.2, 0) is 17.8 Å². The van der Waals surface area contributed by atoms with E-state index in [9.17, 15) is 4.79 Å². The number of amides is 1. The molecule has 0 saturated carbocycles. The zero-order valence-corrected chi connectivity index (χ0v) is 18.0. The van der Waals surface area contributed by atoms with Crippen LogP contribution >= 0.6 is 23.1 Å². The van der Waals surface area contributed by atoms with Gasteiger partial charge in [-0.25, -0.2) is 0 Å². The number of hydrogen-bond donors (Lipinski definition) is 1. The minimum absolute atomic E-state index is 0.144. The number of hydrogen-bond acceptors (Lipinski definition) is 7. The molecule has 0 unspecified atom stereocenters. The molecule has 0 bridgehead atoms. The second-order valence-corrected chi connectivity index (χ2v) is 8.44. The van der Waals surface area contributed by atoms with Crippen molar-refractivity contribution in [2.75, 3.05) is 11.1 Å². The topological polar surface area (TPSA) is 85.6 Å². The molecule has 2 heterocycles. The van der Waals surface area contributed by atoms with E-state index in [0.717, 1.165) is 28.4 Å². The van der Waals surface area contributed by atoms with Crippen molar-refractivity contribution in [2.45, 2.75) is 25.0 Å². The Labute approximate surface area is 182 Å². The highest BCUT2D eigenvalue weighted by molar-refractivity contribution is 7.99. The highest BCUT2D eigenvalue weighted by atomic mass is 32.2. The van der Waals surface area contributed by atoms with Crippen LogP contribution in [0.2, 0.25) is 0 Å². The Morgan fingerprint density at radius 3 is 2.43 bits per heavy atom. The Morgan fingerprint density at radius 1 is 1.00 bits per heavy atom. The molecule has 9 heteroatoms. The molecule has 2 aromatic carbocycles. The highest BCUT2D eigenvalue weighted by Crippen LogP contribution is 2.25. The summed E-state index contributed by atoms with van der Waals surface area (Å²) in [6.45, 7) is 2.63. The van der Waals surface area contributed by atoms with Gasteiger partial charge in [0.15, 0.2) is 11.0 Å². The number of nitrogens with zero attached hydrogens (tertiary/aromatic N) is 5. The average molecular weight is 437 g/mol. The summed E-state index contributed by atoms with van der Waals surface area (Å²) in [6.07, 6.45) is 0.799. The predicted molar refractivity (Wildman–Crippen MR) is 120 cm³/mol. The maximum Gasteiger partial charge on any atom is 0.236 e. The number of aromatic nitrogens is 5. The normalized spacial score (nSPS) is 10.8. The number of nitrogens with one attached hydrogen (secondary N) is 1. The molecule has 0 atom stereocenters. The number of rotatable bonds is 8. The molecule has 7 nitrogen and oxygen atoms in total. The van der Waals surface area contributed by atoms with E-state index in [1.54, 1.807) is 0 Å². The molecule has 1 N–H and O–H groups in total. The van der Waals surface area contributed by atoms with Crippen molar-refractivity contribution < 1.29 is 4.79 Å². The van der Waals surface area contributed by atoms with Gasteiger partial charge in [0.2, 0.25) is 11.0 Å². The summed E-state index contributed by atoms with van der Waals surface area (Å²) in [5.74, 6) is 0.844. The number of carbonyl (C=O) groups is 1. The first-order valence-corrected chi connectivity index (χ1v) is 11.3. The third-order valence-corrected chi connectivity index (χ3v) is 6.23. The third-order valence-electron chi connectivity index (χ3n) is 4.28. The molecule has 30 heavy (non-hydrogen) atoms. The van der Waals surface area contributed by atoms with E-state index in [2.05, 4.69) is 37.8 Å². The first-order chi connectivity index (χ1) is 14.7. The van der Waals surface area contributed by atoms with Crippen molar-refractivity contribution >= 4 is 34.1 Å². The lowest BCUT2D eigenvalue weighted by atomic mass is 10.2. The molecular weight excluding hydrogens is 416 g/mol. The van der Waals surface area contributed by atoms with Gasteiger partial charge in [0.05, 0.1) is 12.3 Å². The number of carbonyl (C=O) groups excluding carboxylic acids is 1. The predicted octanol–water partition coefficient (Wildman–Crippen LogP) is 4.14. The fraction of sp³-hybridized carbons (Fsp3) is 0.190. The third kappa shape index (κ3) is 4.92. The lowest BCUT2D eigenvalue weighted by molar-refractivity contribution is -0.113. The quantitative estimate of drug-likeness (QED) is 0.418. The number of thioether (sulfide) groups is 1. The summed E-state index contributed by atoms with van der Waals surface area (Å²) in [5, 5.41) is 21.7. The Morgan fingerprint density at radius 2 is 1.73 bits per heavy atom. The minimum atomic E-state index is -0.144. The molecule has 0 aliphatic rings. The largest absolute Gasteiger partial charge is 0.300 e. The fourth-order valence-corrected chi connectivity index (χ4v) is 4.27. The van der Waals surface area contributed by atoms with Gasteiger partial charge in [0.25, 0.3) is 0 Å². The van der Waals surface area contributed by atoms with E-state index >= 15 is 0 Å². The molecule has 2 aromatic heterocycles. The van der Waals surface area contributed by atoms with Crippen molar-refractivity contribution in [1.29, 1.82) is 0 Å². The van der Waals surface area contributed by atoms with E-state index in [1.807, 2.05) is 60.0 Å². The van der Waals surface area contributed by atoms with E-state index < -0.39 is 0 Å². The van der Waals surface area contributed by atoms with Gasteiger partial charge in [0, 0.05) is 5.56 Å². The summed E-state index contributed by atoms with van der Waals surface area (Å²) in [7, 11) is 0. The Bertz CT molecular complexity index is 1110. The van der Waals surface area contributed by atoms with Crippen molar-refractivity contribution in [3.8, 4) is 11.4 Å². The second-order valence-electron chi connectivity index (χ2n) is 6.44. The van der Waals surface area contributed by atoms with Crippen LogP contribution in [0, 0.1) is 0 Å². The second kappa shape index (κ2) is 9.64. The van der Waals surface area contributed by atoms with Gasteiger partial charge in [-0.15, -0.1) is 20.4 Å². The van der Waals surface area contributed by atoms with Gasteiger partial charge in [0.1, 0.15) is 5.01 Å². The highest BCUT2D eigenvalue weighted by Gasteiger charge is 2.16. The minimum Gasteiger partial charge on any atom is -0.300 e. The fourth-order valence-electron chi connectivity index (χ4n) is 2.84. The molecule has 0 aliphatic carbocycles. The summed E-state index contributed by atoms with van der Waals surface area (Å²) < 4.78 is 2.04. The Balaban J connectivity index is 1.52. The van der Waals surface area contributed by atoms with Crippen LogP contribution in [-0.4, -0.2) is 36.6 Å². The molecule has 4 aromatic rings. The Hall–Kier alpha value is -3.04.